The van der Waals surface area contributed by atoms with Gasteiger partial charge in [-0.15, -0.1) is 0 Å². The number of aromatic nitrogens is 4. The van der Waals surface area contributed by atoms with Crippen molar-refractivity contribution in [1.29, 1.82) is 0 Å². The Morgan fingerprint density at radius 3 is 2.79 bits per heavy atom. The number of piperidine rings is 1. The van der Waals surface area contributed by atoms with Crippen LogP contribution < -0.4 is 5.32 Å². The van der Waals surface area contributed by atoms with E-state index in [-0.39, 0.29) is 0 Å². The molecule has 0 radical (unpaired) electrons. The lowest BCUT2D eigenvalue weighted by Gasteiger charge is -2.35. The van der Waals surface area contributed by atoms with Gasteiger partial charge in [0.05, 0.1) is 11.9 Å². The molecular weight excluding hydrogens is 300 g/mol. The van der Waals surface area contributed by atoms with Gasteiger partial charge in [-0.05, 0) is 32.8 Å². The Labute approximate surface area is 141 Å². The van der Waals surface area contributed by atoms with Gasteiger partial charge in [-0.1, -0.05) is 0 Å². The summed E-state index contributed by atoms with van der Waals surface area (Å²) in [6.07, 6.45) is 9.97. The standard InChI is InChI=1S/C18H24N6/c1-12(2)24-7-4-14(5-8-24)23-17-15-3-6-19-18(15)20-11-16(17)13-9-21-22-10-13/h3,6,9-12,14H,4-5,7-8H2,1-2H3,(H,21,22)(H2,19,20,23). The van der Waals surface area contributed by atoms with Crippen LogP contribution in [0.1, 0.15) is 26.7 Å². The average Bonchev–Trinajstić information content (AvgIpc) is 3.27. The number of pyridine rings is 1. The fraction of sp³-hybridized carbons (Fsp3) is 0.444. The molecule has 0 aliphatic carbocycles. The number of likely N-dealkylation sites (tertiary alicyclic amines) is 1. The SMILES string of the molecule is CC(C)N1CCC(Nc2c(-c3cn[nH]c3)cnc3[nH]ccc23)CC1. The molecule has 0 atom stereocenters. The predicted octanol–water partition coefficient (Wildman–Crippen LogP) is 3.24. The minimum Gasteiger partial charge on any atom is -0.381 e. The summed E-state index contributed by atoms with van der Waals surface area (Å²) < 4.78 is 0. The number of hydrogen-bond acceptors (Lipinski definition) is 4. The van der Waals surface area contributed by atoms with Crippen LogP contribution in [0.2, 0.25) is 0 Å². The predicted molar refractivity (Wildman–Crippen MR) is 97.0 cm³/mol. The second kappa shape index (κ2) is 6.28. The number of H-pyrrole nitrogens is 2. The van der Waals surface area contributed by atoms with Crippen LogP contribution in [0.3, 0.4) is 0 Å². The van der Waals surface area contributed by atoms with Gasteiger partial charge in [0.1, 0.15) is 5.65 Å². The summed E-state index contributed by atoms with van der Waals surface area (Å²) in [6, 6.07) is 3.22. The molecule has 3 aromatic heterocycles. The van der Waals surface area contributed by atoms with Crippen molar-refractivity contribution in [1.82, 2.24) is 25.1 Å². The molecule has 4 heterocycles. The molecule has 3 N–H and O–H groups in total. The van der Waals surface area contributed by atoms with Crippen LogP contribution in [0.4, 0.5) is 5.69 Å². The van der Waals surface area contributed by atoms with Crippen LogP contribution >= 0.6 is 0 Å². The van der Waals surface area contributed by atoms with E-state index in [4.69, 9.17) is 0 Å². The third-order valence-corrected chi connectivity index (χ3v) is 5.00. The highest BCUT2D eigenvalue weighted by atomic mass is 15.2. The molecule has 1 aliphatic rings. The number of nitrogens with zero attached hydrogens (tertiary/aromatic N) is 3. The van der Waals surface area contributed by atoms with E-state index < -0.39 is 0 Å². The number of rotatable bonds is 4. The molecule has 4 rings (SSSR count). The third-order valence-electron chi connectivity index (χ3n) is 5.00. The van der Waals surface area contributed by atoms with Gasteiger partial charge in [0, 0.05) is 60.3 Å². The van der Waals surface area contributed by atoms with Crippen molar-refractivity contribution in [2.24, 2.45) is 0 Å². The van der Waals surface area contributed by atoms with Crippen molar-refractivity contribution in [3.8, 4) is 11.1 Å². The first kappa shape index (κ1) is 15.2. The fourth-order valence-corrected chi connectivity index (χ4v) is 3.54. The first-order valence-electron chi connectivity index (χ1n) is 8.68. The monoisotopic (exact) mass is 324 g/mol. The smallest absolute Gasteiger partial charge is 0.139 e. The molecule has 6 nitrogen and oxygen atoms in total. The number of hydrogen-bond donors (Lipinski definition) is 3. The Balaban J connectivity index is 1.63. The maximum absolute atomic E-state index is 4.54. The largest absolute Gasteiger partial charge is 0.381 e. The summed E-state index contributed by atoms with van der Waals surface area (Å²) in [5.41, 5.74) is 4.24. The number of fused-ring (bicyclic) bond motifs is 1. The van der Waals surface area contributed by atoms with Gasteiger partial charge in [0.15, 0.2) is 0 Å². The molecule has 0 spiro atoms. The van der Waals surface area contributed by atoms with E-state index in [9.17, 15) is 0 Å². The minimum atomic E-state index is 0.492. The highest BCUT2D eigenvalue weighted by Crippen LogP contribution is 2.34. The lowest BCUT2D eigenvalue weighted by molar-refractivity contribution is 0.177. The van der Waals surface area contributed by atoms with E-state index in [1.54, 1.807) is 0 Å². The van der Waals surface area contributed by atoms with Crippen LogP contribution in [0, 0.1) is 0 Å². The van der Waals surface area contributed by atoms with Gasteiger partial charge in [-0.3, -0.25) is 5.10 Å². The van der Waals surface area contributed by atoms with Gasteiger partial charge in [-0.25, -0.2) is 4.98 Å². The number of nitrogens with one attached hydrogen (secondary N) is 3. The average molecular weight is 324 g/mol. The summed E-state index contributed by atoms with van der Waals surface area (Å²) >= 11 is 0. The van der Waals surface area contributed by atoms with E-state index in [0.717, 1.165) is 53.8 Å². The summed E-state index contributed by atoms with van der Waals surface area (Å²) in [6.45, 7) is 6.85. The molecule has 3 aromatic rings. The van der Waals surface area contributed by atoms with Gasteiger partial charge in [0.25, 0.3) is 0 Å². The third kappa shape index (κ3) is 2.78. The Kier molecular flexibility index (Phi) is 3.98. The summed E-state index contributed by atoms with van der Waals surface area (Å²) in [5, 5.41) is 11.9. The van der Waals surface area contributed by atoms with E-state index in [1.807, 2.05) is 24.8 Å². The van der Waals surface area contributed by atoms with Crippen LogP contribution in [0.15, 0.2) is 30.9 Å². The van der Waals surface area contributed by atoms with Gasteiger partial charge in [-0.2, -0.15) is 5.10 Å². The zero-order chi connectivity index (χ0) is 16.5. The van der Waals surface area contributed by atoms with Crippen LogP contribution in [-0.4, -0.2) is 50.2 Å². The molecule has 6 heteroatoms. The van der Waals surface area contributed by atoms with Crippen molar-refractivity contribution < 1.29 is 0 Å². The van der Waals surface area contributed by atoms with E-state index in [0.29, 0.717) is 12.1 Å². The number of aromatic amines is 2. The van der Waals surface area contributed by atoms with Gasteiger partial charge < -0.3 is 15.2 Å². The second-order valence-corrected chi connectivity index (χ2v) is 6.82. The molecule has 126 valence electrons. The van der Waals surface area contributed by atoms with E-state index >= 15 is 0 Å². The molecule has 1 saturated heterocycles. The molecule has 24 heavy (non-hydrogen) atoms. The van der Waals surface area contributed by atoms with E-state index in [2.05, 4.69) is 50.3 Å². The second-order valence-electron chi connectivity index (χ2n) is 6.82. The molecule has 0 unspecified atom stereocenters. The Bertz CT molecular complexity index is 796. The topological polar surface area (TPSA) is 72.6 Å². The highest BCUT2D eigenvalue weighted by molar-refractivity contribution is 5.98. The first-order valence-corrected chi connectivity index (χ1v) is 8.68. The maximum atomic E-state index is 4.54. The zero-order valence-corrected chi connectivity index (χ0v) is 14.2. The molecule has 1 aliphatic heterocycles. The van der Waals surface area contributed by atoms with Crippen molar-refractivity contribution in [3.05, 3.63) is 30.9 Å². The van der Waals surface area contributed by atoms with Crippen molar-refractivity contribution >= 4 is 16.7 Å². The maximum Gasteiger partial charge on any atom is 0.139 e. The van der Waals surface area contributed by atoms with E-state index in [1.165, 1.54) is 0 Å². The molecular formula is C18H24N6. The molecule has 0 amide bonds. The molecule has 1 fully saturated rings. The summed E-state index contributed by atoms with van der Waals surface area (Å²) in [4.78, 5) is 10.3. The Morgan fingerprint density at radius 1 is 1.25 bits per heavy atom. The molecule has 0 bridgehead atoms. The van der Waals surface area contributed by atoms with Gasteiger partial charge in [0.2, 0.25) is 0 Å². The minimum absolute atomic E-state index is 0.492. The van der Waals surface area contributed by atoms with Crippen molar-refractivity contribution in [2.45, 2.75) is 38.8 Å². The lowest BCUT2D eigenvalue weighted by atomic mass is 10.0. The van der Waals surface area contributed by atoms with Crippen LogP contribution in [-0.2, 0) is 0 Å². The Morgan fingerprint density at radius 2 is 2.08 bits per heavy atom. The highest BCUT2D eigenvalue weighted by Gasteiger charge is 2.22. The summed E-state index contributed by atoms with van der Waals surface area (Å²) in [5.74, 6) is 0. The summed E-state index contributed by atoms with van der Waals surface area (Å²) in [7, 11) is 0. The van der Waals surface area contributed by atoms with Crippen LogP contribution in [0.25, 0.3) is 22.2 Å². The van der Waals surface area contributed by atoms with Crippen LogP contribution in [0.5, 0.6) is 0 Å². The van der Waals surface area contributed by atoms with Crippen molar-refractivity contribution in [3.63, 3.8) is 0 Å². The first-order chi connectivity index (χ1) is 11.7. The Hall–Kier alpha value is -2.34. The lowest BCUT2D eigenvalue weighted by Crippen LogP contribution is -2.42. The molecule has 0 aromatic carbocycles. The number of anilines is 1. The fourth-order valence-electron chi connectivity index (χ4n) is 3.54. The normalized spacial score (nSPS) is 17.0. The zero-order valence-electron chi connectivity index (χ0n) is 14.2. The molecule has 0 saturated carbocycles. The quantitative estimate of drug-likeness (QED) is 0.689. The van der Waals surface area contributed by atoms with Gasteiger partial charge >= 0.3 is 0 Å². The van der Waals surface area contributed by atoms with Crippen molar-refractivity contribution in [2.75, 3.05) is 18.4 Å².